The second kappa shape index (κ2) is 3.47. The summed E-state index contributed by atoms with van der Waals surface area (Å²) < 4.78 is 4.95. The van der Waals surface area contributed by atoms with Crippen LogP contribution in [0.15, 0.2) is 24.3 Å². The first-order valence-electron chi connectivity index (χ1n) is 4.59. The van der Waals surface area contributed by atoms with E-state index in [9.17, 15) is 14.7 Å². The monoisotopic (exact) mass is 206 g/mol. The van der Waals surface area contributed by atoms with Crippen molar-refractivity contribution in [1.82, 2.24) is 0 Å². The van der Waals surface area contributed by atoms with Gasteiger partial charge in [-0.05, 0) is 13.0 Å². The number of esters is 1. The molecule has 78 valence electrons. The molecule has 0 fully saturated rings. The molecule has 0 saturated carbocycles. The minimum absolute atomic E-state index is 0.412. The number of fused-ring (bicyclic) bond motifs is 1. The Morgan fingerprint density at radius 1 is 1.47 bits per heavy atom. The number of cyclic esters (lactones) is 1. The average molecular weight is 206 g/mol. The maximum Gasteiger partial charge on any atom is 0.339 e. The Kier molecular flexibility index (Phi) is 2.28. The van der Waals surface area contributed by atoms with Gasteiger partial charge in [0.25, 0.3) is 0 Å². The van der Waals surface area contributed by atoms with Crippen LogP contribution in [0.25, 0.3) is 0 Å². The number of hydrogen-bond acceptors (Lipinski definition) is 4. The number of carbonyl (C=O) groups is 2. The van der Waals surface area contributed by atoms with Crippen molar-refractivity contribution in [2.75, 3.05) is 0 Å². The van der Waals surface area contributed by atoms with Gasteiger partial charge in [-0.2, -0.15) is 0 Å². The lowest BCUT2D eigenvalue weighted by molar-refractivity contribution is -0.130. The molecule has 4 nitrogen and oxygen atoms in total. The van der Waals surface area contributed by atoms with E-state index in [1.165, 1.54) is 6.92 Å². The summed E-state index contributed by atoms with van der Waals surface area (Å²) in [6.45, 7) is 1.26. The van der Waals surface area contributed by atoms with Crippen LogP contribution < -0.4 is 0 Å². The Balaban J connectivity index is 2.40. The molecule has 0 radical (unpaired) electrons. The van der Waals surface area contributed by atoms with Gasteiger partial charge in [0, 0.05) is 5.56 Å². The van der Waals surface area contributed by atoms with E-state index in [0.29, 0.717) is 11.1 Å². The van der Waals surface area contributed by atoms with Gasteiger partial charge in [-0.3, -0.25) is 4.79 Å². The normalized spacial score (nSPS) is 20.7. The van der Waals surface area contributed by atoms with Crippen molar-refractivity contribution in [3.05, 3.63) is 35.4 Å². The number of Topliss-reactive ketones (excluding diaryl/α,β-unsaturated/α-hetero) is 1. The number of carbonyl (C=O) groups excluding carboxylic acids is 2. The number of rotatable bonds is 2. The molecule has 1 aliphatic heterocycles. The molecule has 1 aromatic rings. The number of ketones is 1. The first-order chi connectivity index (χ1) is 7.11. The standard InChI is InChI=1S/C11H10O4/c1-6(12)9(13)10-7-4-2-3-5-8(7)11(14)15-10/h2-5,9-10,13H,1H3/t9-,10-/m0/s1. The third kappa shape index (κ3) is 1.53. The fourth-order valence-electron chi connectivity index (χ4n) is 1.62. The van der Waals surface area contributed by atoms with E-state index in [1.54, 1.807) is 24.3 Å². The van der Waals surface area contributed by atoms with E-state index < -0.39 is 24.0 Å². The van der Waals surface area contributed by atoms with Gasteiger partial charge in [0.05, 0.1) is 5.56 Å². The van der Waals surface area contributed by atoms with Crippen LogP contribution in [0.4, 0.5) is 0 Å². The van der Waals surface area contributed by atoms with E-state index >= 15 is 0 Å². The minimum atomic E-state index is -1.28. The summed E-state index contributed by atoms with van der Waals surface area (Å²) in [6.07, 6.45) is -2.14. The van der Waals surface area contributed by atoms with Crippen molar-refractivity contribution in [1.29, 1.82) is 0 Å². The third-order valence-electron chi connectivity index (χ3n) is 2.42. The number of hydrogen-bond donors (Lipinski definition) is 1. The van der Waals surface area contributed by atoms with Gasteiger partial charge in [-0.1, -0.05) is 18.2 Å². The summed E-state index contributed by atoms with van der Waals surface area (Å²) in [4.78, 5) is 22.4. The highest BCUT2D eigenvalue weighted by Gasteiger charge is 2.37. The number of ether oxygens (including phenoxy) is 1. The highest BCUT2D eigenvalue weighted by molar-refractivity contribution is 5.95. The van der Waals surface area contributed by atoms with Crippen molar-refractivity contribution in [2.24, 2.45) is 0 Å². The summed E-state index contributed by atoms with van der Waals surface area (Å²) in [7, 11) is 0. The lowest BCUT2D eigenvalue weighted by Crippen LogP contribution is -2.25. The largest absolute Gasteiger partial charge is 0.451 e. The third-order valence-corrected chi connectivity index (χ3v) is 2.42. The van der Waals surface area contributed by atoms with Gasteiger partial charge in [0.15, 0.2) is 18.0 Å². The van der Waals surface area contributed by atoms with Crippen LogP contribution in [-0.2, 0) is 9.53 Å². The van der Waals surface area contributed by atoms with Crippen LogP contribution in [0.2, 0.25) is 0 Å². The summed E-state index contributed by atoms with van der Waals surface area (Å²) in [5.74, 6) is -0.902. The predicted octanol–water partition coefficient (Wildman–Crippen LogP) is 0.848. The van der Waals surface area contributed by atoms with Crippen LogP contribution in [0.3, 0.4) is 0 Å². The first-order valence-corrected chi connectivity index (χ1v) is 4.59. The minimum Gasteiger partial charge on any atom is -0.451 e. The zero-order chi connectivity index (χ0) is 11.0. The molecule has 0 amide bonds. The van der Waals surface area contributed by atoms with Gasteiger partial charge in [-0.25, -0.2) is 4.79 Å². The van der Waals surface area contributed by atoms with E-state index in [0.717, 1.165) is 0 Å². The molecule has 1 N–H and O–H groups in total. The van der Waals surface area contributed by atoms with Gasteiger partial charge >= 0.3 is 5.97 Å². The molecule has 15 heavy (non-hydrogen) atoms. The number of aliphatic hydroxyl groups excluding tert-OH is 1. The number of aliphatic hydroxyl groups is 1. The van der Waals surface area contributed by atoms with Crippen LogP contribution >= 0.6 is 0 Å². The molecule has 1 heterocycles. The Labute approximate surface area is 86.5 Å². The molecule has 0 aliphatic carbocycles. The quantitative estimate of drug-likeness (QED) is 0.728. The Morgan fingerprint density at radius 2 is 2.13 bits per heavy atom. The molecular formula is C11H10O4. The Bertz CT molecular complexity index is 424. The van der Waals surface area contributed by atoms with Crippen LogP contribution in [0.1, 0.15) is 28.9 Å². The zero-order valence-corrected chi connectivity index (χ0v) is 8.14. The molecule has 1 aliphatic rings. The molecule has 0 unspecified atom stereocenters. The Morgan fingerprint density at radius 3 is 2.80 bits per heavy atom. The van der Waals surface area contributed by atoms with Crippen LogP contribution in [0.5, 0.6) is 0 Å². The van der Waals surface area contributed by atoms with Gasteiger partial charge in [0.2, 0.25) is 0 Å². The van der Waals surface area contributed by atoms with Crippen molar-refractivity contribution in [3.8, 4) is 0 Å². The highest BCUT2D eigenvalue weighted by Crippen LogP contribution is 2.32. The van der Waals surface area contributed by atoms with E-state index in [1.807, 2.05) is 0 Å². The molecule has 0 bridgehead atoms. The van der Waals surface area contributed by atoms with Gasteiger partial charge in [0.1, 0.15) is 0 Å². The maximum absolute atomic E-state index is 11.4. The molecule has 1 aromatic carbocycles. The Hall–Kier alpha value is -1.68. The maximum atomic E-state index is 11.4. The fraction of sp³-hybridized carbons (Fsp3) is 0.273. The molecule has 4 heteroatoms. The smallest absolute Gasteiger partial charge is 0.339 e. The summed E-state index contributed by atoms with van der Waals surface area (Å²) in [5.41, 5.74) is 0.994. The van der Waals surface area contributed by atoms with Crippen LogP contribution in [0, 0.1) is 0 Å². The first kappa shape index (κ1) is 9.86. The summed E-state index contributed by atoms with van der Waals surface area (Å²) in [5, 5.41) is 9.56. The molecule has 2 rings (SSSR count). The van der Waals surface area contributed by atoms with E-state index in [2.05, 4.69) is 0 Å². The van der Waals surface area contributed by atoms with E-state index in [4.69, 9.17) is 4.74 Å². The lowest BCUT2D eigenvalue weighted by atomic mass is 10.00. The van der Waals surface area contributed by atoms with Gasteiger partial charge < -0.3 is 9.84 Å². The topological polar surface area (TPSA) is 63.6 Å². The van der Waals surface area contributed by atoms with Gasteiger partial charge in [-0.15, -0.1) is 0 Å². The van der Waals surface area contributed by atoms with Crippen molar-refractivity contribution < 1.29 is 19.4 Å². The second-order valence-corrected chi connectivity index (χ2v) is 3.47. The second-order valence-electron chi connectivity index (χ2n) is 3.47. The molecule has 2 atom stereocenters. The predicted molar refractivity (Wildman–Crippen MR) is 51.3 cm³/mol. The fourth-order valence-corrected chi connectivity index (χ4v) is 1.62. The SMILES string of the molecule is CC(=O)[C@H](O)[C@H]1OC(=O)c2ccccc21. The van der Waals surface area contributed by atoms with E-state index in [-0.39, 0.29) is 0 Å². The average Bonchev–Trinajstić information content (AvgIpc) is 2.56. The summed E-state index contributed by atoms with van der Waals surface area (Å²) in [6, 6.07) is 6.74. The summed E-state index contributed by atoms with van der Waals surface area (Å²) >= 11 is 0. The number of benzene rings is 1. The highest BCUT2D eigenvalue weighted by atomic mass is 16.6. The van der Waals surface area contributed by atoms with Crippen molar-refractivity contribution >= 4 is 11.8 Å². The molecule has 0 saturated heterocycles. The molecule has 0 spiro atoms. The van der Waals surface area contributed by atoms with Crippen molar-refractivity contribution in [3.63, 3.8) is 0 Å². The molecular weight excluding hydrogens is 196 g/mol. The van der Waals surface area contributed by atoms with Crippen LogP contribution in [-0.4, -0.2) is 23.0 Å². The zero-order valence-electron chi connectivity index (χ0n) is 8.14. The molecule has 0 aromatic heterocycles. The van der Waals surface area contributed by atoms with Crippen molar-refractivity contribution in [2.45, 2.75) is 19.1 Å². The lowest BCUT2D eigenvalue weighted by Gasteiger charge is -2.14.